The highest BCUT2D eigenvalue weighted by Gasteiger charge is 2.24. The SMILES string of the molecule is O=C(C[S@](=O)CC(=O)N(CC(=O)NC1CCCCC1)c1ccc(F)c(Cl)c1)Nc1ccc(F)cc1. The van der Waals surface area contributed by atoms with E-state index in [4.69, 9.17) is 11.6 Å². The van der Waals surface area contributed by atoms with E-state index in [0.717, 1.165) is 43.1 Å². The van der Waals surface area contributed by atoms with Crippen LogP contribution < -0.4 is 15.5 Å². The minimum Gasteiger partial charge on any atom is -0.352 e. The first-order chi connectivity index (χ1) is 16.7. The van der Waals surface area contributed by atoms with Gasteiger partial charge < -0.3 is 15.5 Å². The molecule has 1 aliphatic carbocycles. The van der Waals surface area contributed by atoms with Crippen molar-refractivity contribution >= 4 is 51.5 Å². The second kappa shape index (κ2) is 12.7. The number of halogens is 3. The van der Waals surface area contributed by atoms with Crippen molar-refractivity contribution in [1.82, 2.24) is 5.32 Å². The van der Waals surface area contributed by atoms with Crippen molar-refractivity contribution in [2.24, 2.45) is 0 Å². The molecule has 1 saturated carbocycles. The molecule has 1 atom stereocenters. The number of amides is 3. The lowest BCUT2D eigenvalue weighted by molar-refractivity contribution is -0.123. The number of carbonyl (C=O) groups is 3. The van der Waals surface area contributed by atoms with Crippen molar-refractivity contribution in [3.8, 4) is 0 Å². The van der Waals surface area contributed by atoms with Crippen LogP contribution in [0.4, 0.5) is 20.2 Å². The number of benzene rings is 2. The lowest BCUT2D eigenvalue weighted by Gasteiger charge is -2.26. The molecule has 0 radical (unpaired) electrons. The van der Waals surface area contributed by atoms with Gasteiger partial charge in [-0.1, -0.05) is 30.9 Å². The molecule has 1 aliphatic rings. The lowest BCUT2D eigenvalue weighted by Crippen LogP contribution is -2.46. The van der Waals surface area contributed by atoms with E-state index in [1.807, 2.05) is 0 Å². The van der Waals surface area contributed by atoms with Gasteiger partial charge in [-0.05, 0) is 55.3 Å². The molecule has 3 rings (SSSR count). The maximum absolute atomic E-state index is 13.7. The summed E-state index contributed by atoms with van der Waals surface area (Å²) in [5.74, 6) is -3.86. The van der Waals surface area contributed by atoms with Gasteiger partial charge in [-0.3, -0.25) is 18.6 Å². The molecule has 0 saturated heterocycles. The van der Waals surface area contributed by atoms with Crippen molar-refractivity contribution in [1.29, 1.82) is 0 Å². The van der Waals surface area contributed by atoms with E-state index in [2.05, 4.69) is 10.6 Å². The van der Waals surface area contributed by atoms with E-state index in [1.165, 1.54) is 36.4 Å². The summed E-state index contributed by atoms with van der Waals surface area (Å²) >= 11 is 5.87. The molecule has 1 fully saturated rings. The van der Waals surface area contributed by atoms with Crippen molar-refractivity contribution < 1.29 is 27.4 Å². The maximum Gasteiger partial charge on any atom is 0.240 e. The van der Waals surface area contributed by atoms with Gasteiger partial charge in [0.15, 0.2) is 0 Å². The quantitative estimate of drug-likeness (QED) is 0.521. The van der Waals surface area contributed by atoms with Gasteiger partial charge in [0.2, 0.25) is 17.7 Å². The van der Waals surface area contributed by atoms with E-state index in [9.17, 15) is 27.4 Å². The van der Waals surface area contributed by atoms with Crippen LogP contribution in [0.2, 0.25) is 5.02 Å². The zero-order valence-electron chi connectivity index (χ0n) is 18.9. The molecule has 2 aromatic rings. The third-order valence-corrected chi connectivity index (χ3v) is 6.94. The minimum absolute atomic E-state index is 0.0225. The van der Waals surface area contributed by atoms with Crippen LogP contribution in [0.25, 0.3) is 0 Å². The zero-order valence-corrected chi connectivity index (χ0v) is 20.5. The average Bonchev–Trinajstić information content (AvgIpc) is 2.81. The molecule has 11 heteroatoms. The Hall–Kier alpha value is -2.85. The Morgan fingerprint density at radius 1 is 0.971 bits per heavy atom. The van der Waals surface area contributed by atoms with Gasteiger partial charge >= 0.3 is 0 Å². The highest BCUT2D eigenvalue weighted by Crippen LogP contribution is 2.23. The number of nitrogens with one attached hydrogen (secondary N) is 2. The summed E-state index contributed by atoms with van der Waals surface area (Å²) in [7, 11) is -1.90. The van der Waals surface area contributed by atoms with Gasteiger partial charge in [-0.25, -0.2) is 8.78 Å². The van der Waals surface area contributed by atoms with Crippen molar-refractivity contribution in [2.45, 2.75) is 38.1 Å². The molecular weight excluding hydrogens is 500 g/mol. The number of hydrogen-bond donors (Lipinski definition) is 2. The fourth-order valence-corrected chi connectivity index (χ4v) is 4.86. The number of carbonyl (C=O) groups excluding carboxylic acids is 3. The number of rotatable bonds is 9. The predicted octanol–water partition coefficient (Wildman–Crippen LogP) is 3.79. The van der Waals surface area contributed by atoms with Crippen LogP contribution in [0.5, 0.6) is 0 Å². The van der Waals surface area contributed by atoms with Gasteiger partial charge in [0.1, 0.15) is 29.7 Å². The second-order valence-corrected chi connectivity index (χ2v) is 10.1. The molecular formula is C24H26ClF2N3O4S. The summed E-state index contributed by atoms with van der Waals surface area (Å²) in [6, 6.07) is 8.65. The molecule has 0 bridgehead atoms. The molecule has 0 heterocycles. The Morgan fingerprint density at radius 2 is 1.66 bits per heavy atom. The van der Waals surface area contributed by atoms with Crippen LogP contribution in [-0.2, 0) is 25.2 Å². The highest BCUT2D eigenvalue weighted by atomic mass is 35.5. The summed E-state index contributed by atoms with van der Waals surface area (Å²) < 4.78 is 39.2. The summed E-state index contributed by atoms with van der Waals surface area (Å²) in [4.78, 5) is 38.9. The monoisotopic (exact) mass is 525 g/mol. The Morgan fingerprint density at radius 3 is 2.31 bits per heavy atom. The van der Waals surface area contributed by atoms with E-state index in [-0.39, 0.29) is 23.3 Å². The fourth-order valence-electron chi connectivity index (χ4n) is 3.78. The molecule has 0 spiro atoms. The summed E-state index contributed by atoms with van der Waals surface area (Å²) in [5, 5.41) is 5.16. The molecule has 3 amide bonds. The van der Waals surface area contributed by atoms with Gasteiger partial charge in [0.05, 0.1) is 5.02 Å². The largest absolute Gasteiger partial charge is 0.352 e. The van der Waals surface area contributed by atoms with Gasteiger partial charge in [-0.15, -0.1) is 0 Å². The van der Waals surface area contributed by atoms with Crippen molar-refractivity contribution in [3.63, 3.8) is 0 Å². The van der Waals surface area contributed by atoms with Gasteiger partial charge in [-0.2, -0.15) is 0 Å². The lowest BCUT2D eigenvalue weighted by atomic mass is 9.95. The predicted molar refractivity (Wildman–Crippen MR) is 132 cm³/mol. The smallest absolute Gasteiger partial charge is 0.240 e. The minimum atomic E-state index is -1.90. The molecule has 2 aromatic carbocycles. The van der Waals surface area contributed by atoms with Crippen LogP contribution in [0.3, 0.4) is 0 Å². The Bertz CT molecular complexity index is 1090. The van der Waals surface area contributed by atoms with Crippen LogP contribution in [-0.4, -0.2) is 46.0 Å². The maximum atomic E-state index is 13.7. The zero-order chi connectivity index (χ0) is 25.4. The fraction of sp³-hybridized carbons (Fsp3) is 0.375. The summed E-state index contributed by atoms with van der Waals surface area (Å²) in [6.45, 7) is -0.365. The molecule has 0 aliphatic heterocycles. The van der Waals surface area contributed by atoms with Crippen LogP contribution in [0, 0.1) is 11.6 Å². The first-order valence-electron chi connectivity index (χ1n) is 11.2. The molecule has 0 unspecified atom stereocenters. The standard InChI is InChI=1S/C24H26ClF2N3O4S/c25-20-12-19(10-11-21(20)27)30(13-22(31)28-17-4-2-1-3-5-17)24(33)15-35(34)14-23(32)29-18-8-6-16(26)7-9-18/h6-12,17H,1-5,13-15H2,(H,28,31)(H,29,32)/t35-/m0/s1. The van der Waals surface area contributed by atoms with Gasteiger partial charge in [0.25, 0.3) is 0 Å². The highest BCUT2D eigenvalue weighted by molar-refractivity contribution is 7.86. The van der Waals surface area contributed by atoms with E-state index >= 15 is 0 Å². The average molecular weight is 526 g/mol. The van der Waals surface area contributed by atoms with Crippen LogP contribution >= 0.6 is 11.6 Å². The number of hydrogen-bond acceptors (Lipinski definition) is 4. The molecule has 7 nitrogen and oxygen atoms in total. The summed E-state index contributed by atoms with van der Waals surface area (Å²) in [6.07, 6.45) is 4.86. The first kappa shape index (κ1) is 26.7. The third kappa shape index (κ3) is 8.40. The topological polar surface area (TPSA) is 95.6 Å². The number of nitrogens with zero attached hydrogens (tertiary/aromatic N) is 1. The van der Waals surface area contributed by atoms with Crippen molar-refractivity contribution in [3.05, 3.63) is 59.1 Å². The van der Waals surface area contributed by atoms with E-state index in [0.29, 0.717) is 5.69 Å². The molecule has 2 N–H and O–H groups in total. The third-order valence-electron chi connectivity index (χ3n) is 5.49. The number of anilines is 2. The van der Waals surface area contributed by atoms with Gasteiger partial charge in [0, 0.05) is 28.2 Å². The van der Waals surface area contributed by atoms with Crippen LogP contribution in [0.15, 0.2) is 42.5 Å². The van der Waals surface area contributed by atoms with Crippen LogP contribution in [0.1, 0.15) is 32.1 Å². The van der Waals surface area contributed by atoms with E-state index in [1.54, 1.807) is 0 Å². The normalized spacial score (nSPS) is 14.7. The molecule has 35 heavy (non-hydrogen) atoms. The molecule has 188 valence electrons. The van der Waals surface area contributed by atoms with Crippen molar-refractivity contribution in [2.75, 3.05) is 28.3 Å². The Balaban J connectivity index is 1.64. The molecule has 0 aromatic heterocycles. The first-order valence-corrected chi connectivity index (χ1v) is 13.0. The Labute approximate surface area is 209 Å². The summed E-state index contributed by atoms with van der Waals surface area (Å²) in [5.41, 5.74) is 0.495. The Kier molecular flexibility index (Phi) is 9.73. The second-order valence-electron chi connectivity index (χ2n) is 8.26. The van der Waals surface area contributed by atoms with E-state index < -0.39 is 51.7 Å².